The molecule has 4 aliphatic carbocycles. The van der Waals surface area contributed by atoms with E-state index in [0.717, 1.165) is 38.1 Å². The molecule has 4 bridgehead atoms. The maximum absolute atomic E-state index is 13.1. The molecule has 1 saturated heterocycles. The number of hydrogen-bond acceptors (Lipinski definition) is 2. The Morgan fingerprint density at radius 2 is 1.75 bits per heavy atom. The molecule has 0 aromatic heterocycles. The second kappa shape index (κ2) is 3.79. The Labute approximate surface area is 121 Å². The third-order valence-corrected chi connectivity index (χ3v) is 6.53. The summed E-state index contributed by atoms with van der Waals surface area (Å²) in [4.78, 5) is 15.1. The molecular weight excluding hydrogens is 250 g/mol. The van der Waals surface area contributed by atoms with Crippen molar-refractivity contribution in [3.8, 4) is 0 Å². The van der Waals surface area contributed by atoms with Gasteiger partial charge in [0.05, 0.1) is 11.5 Å². The molecular formula is C17H27NO2. The van der Waals surface area contributed by atoms with E-state index in [1.165, 1.54) is 19.3 Å². The normalized spacial score (nSPS) is 53.6. The molecule has 5 fully saturated rings. The van der Waals surface area contributed by atoms with Gasteiger partial charge in [0, 0.05) is 13.1 Å². The highest BCUT2D eigenvalue weighted by molar-refractivity contribution is 5.84. The van der Waals surface area contributed by atoms with Crippen LogP contribution in [0, 0.1) is 22.2 Å². The summed E-state index contributed by atoms with van der Waals surface area (Å²) in [6, 6.07) is 0. The summed E-state index contributed by atoms with van der Waals surface area (Å²) in [6.07, 6.45) is 7.76. The van der Waals surface area contributed by atoms with Crippen molar-refractivity contribution in [3.05, 3.63) is 0 Å². The fourth-order valence-corrected chi connectivity index (χ4v) is 6.95. The van der Waals surface area contributed by atoms with Crippen molar-refractivity contribution in [1.29, 1.82) is 0 Å². The van der Waals surface area contributed by atoms with Gasteiger partial charge >= 0.3 is 0 Å². The Morgan fingerprint density at radius 1 is 1.10 bits per heavy atom. The van der Waals surface area contributed by atoms with Crippen molar-refractivity contribution >= 4 is 5.91 Å². The van der Waals surface area contributed by atoms with Gasteiger partial charge in [-0.3, -0.25) is 4.79 Å². The van der Waals surface area contributed by atoms with E-state index >= 15 is 0 Å². The molecule has 3 atom stereocenters. The Kier molecular flexibility index (Phi) is 2.49. The Morgan fingerprint density at radius 3 is 2.25 bits per heavy atom. The summed E-state index contributed by atoms with van der Waals surface area (Å²) in [7, 11) is 0. The van der Waals surface area contributed by atoms with Crippen LogP contribution < -0.4 is 0 Å². The first-order valence-corrected chi connectivity index (χ1v) is 8.29. The molecule has 5 aliphatic rings. The molecule has 112 valence electrons. The molecule has 1 amide bonds. The predicted octanol–water partition coefficient (Wildman–Crippen LogP) is 2.58. The largest absolute Gasteiger partial charge is 0.391 e. The number of rotatable bonds is 1. The molecule has 3 nitrogen and oxygen atoms in total. The molecule has 2 unspecified atom stereocenters. The second-order valence-corrected chi connectivity index (χ2v) is 9.10. The first kappa shape index (κ1) is 13.1. The number of β-amino-alcohol motifs (C(OH)–C–C–N with tert-alkyl or cyclic N) is 1. The Hall–Kier alpha value is -0.570. The first-order valence-electron chi connectivity index (χ1n) is 8.29. The van der Waals surface area contributed by atoms with E-state index in [2.05, 4.69) is 13.8 Å². The lowest BCUT2D eigenvalue weighted by atomic mass is 9.40. The third kappa shape index (κ3) is 1.78. The quantitative estimate of drug-likeness (QED) is 0.800. The zero-order chi connectivity index (χ0) is 14.2. The highest BCUT2D eigenvalue weighted by Gasteiger charge is 2.63. The van der Waals surface area contributed by atoms with E-state index in [1.54, 1.807) is 0 Å². The lowest BCUT2D eigenvalue weighted by molar-refractivity contribution is -0.178. The average Bonchev–Trinajstić information content (AvgIpc) is 2.69. The highest BCUT2D eigenvalue weighted by Crippen LogP contribution is 2.69. The van der Waals surface area contributed by atoms with E-state index < -0.39 is 0 Å². The maximum Gasteiger partial charge on any atom is 0.228 e. The van der Waals surface area contributed by atoms with Gasteiger partial charge in [0.1, 0.15) is 0 Å². The van der Waals surface area contributed by atoms with Crippen molar-refractivity contribution in [1.82, 2.24) is 4.90 Å². The van der Waals surface area contributed by atoms with Crippen molar-refractivity contribution in [2.45, 2.75) is 64.9 Å². The van der Waals surface area contributed by atoms with Gasteiger partial charge in [-0.25, -0.2) is 0 Å². The van der Waals surface area contributed by atoms with Gasteiger partial charge in [-0.15, -0.1) is 0 Å². The number of likely N-dealkylation sites (tertiary alicyclic amines) is 1. The predicted molar refractivity (Wildman–Crippen MR) is 77.0 cm³/mol. The van der Waals surface area contributed by atoms with E-state index in [0.29, 0.717) is 23.3 Å². The van der Waals surface area contributed by atoms with Crippen LogP contribution in [-0.2, 0) is 4.79 Å². The monoisotopic (exact) mass is 277 g/mol. The van der Waals surface area contributed by atoms with Crippen LogP contribution in [0.25, 0.3) is 0 Å². The number of carbonyl (C=O) groups excluding carboxylic acids is 1. The van der Waals surface area contributed by atoms with Crippen LogP contribution in [0.5, 0.6) is 0 Å². The zero-order valence-corrected chi connectivity index (χ0v) is 12.8. The number of aliphatic hydroxyl groups is 1. The van der Waals surface area contributed by atoms with E-state index in [4.69, 9.17) is 0 Å². The van der Waals surface area contributed by atoms with Gasteiger partial charge in [0.2, 0.25) is 5.91 Å². The molecule has 0 spiro atoms. The first-order chi connectivity index (χ1) is 9.32. The van der Waals surface area contributed by atoms with Gasteiger partial charge < -0.3 is 10.0 Å². The van der Waals surface area contributed by atoms with Crippen LogP contribution in [0.1, 0.15) is 58.8 Å². The summed E-state index contributed by atoms with van der Waals surface area (Å²) in [5.74, 6) is 1.13. The van der Waals surface area contributed by atoms with Crippen molar-refractivity contribution in [2.24, 2.45) is 22.2 Å². The average molecular weight is 277 g/mol. The van der Waals surface area contributed by atoms with Crippen LogP contribution in [0.15, 0.2) is 0 Å². The summed E-state index contributed by atoms with van der Waals surface area (Å²) in [5, 5.41) is 9.74. The lowest BCUT2D eigenvalue weighted by Gasteiger charge is -2.65. The van der Waals surface area contributed by atoms with Crippen molar-refractivity contribution < 1.29 is 9.90 Å². The summed E-state index contributed by atoms with van der Waals surface area (Å²) >= 11 is 0. The number of nitrogens with zero attached hydrogens (tertiary/aromatic N) is 1. The number of amides is 1. The lowest BCUT2D eigenvalue weighted by Crippen LogP contribution is -2.60. The Bertz CT molecular complexity index is 442. The van der Waals surface area contributed by atoms with Gasteiger partial charge in [0.15, 0.2) is 0 Å². The molecule has 1 N–H and O–H groups in total. The summed E-state index contributed by atoms with van der Waals surface area (Å²) in [6.45, 7) is 6.16. The fourth-order valence-electron chi connectivity index (χ4n) is 6.95. The molecule has 20 heavy (non-hydrogen) atoms. The molecule has 1 aliphatic heterocycles. The standard InChI is InChI=1S/C17H27NO2/c1-15-5-12-6-16(2,9-15)11-17(7-12,10-15)14(20)18-4-3-13(19)8-18/h12-13,19H,3-11H2,1-2H3/t12?,13-,15?,16?,17?/m1/s1. The number of carbonyl (C=O) groups is 1. The number of hydrogen-bond donors (Lipinski definition) is 1. The van der Waals surface area contributed by atoms with Crippen LogP contribution in [0.3, 0.4) is 0 Å². The molecule has 0 aromatic carbocycles. The van der Waals surface area contributed by atoms with E-state index in [-0.39, 0.29) is 11.5 Å². The van der Waals surface area contributed by atoms with Crippen molar-refractivity contribution in [2.75, 3.05) is 13.1 Å². The van der Waals surface area contributed by atoms with Crippen LogP contribution in [-0.4, -0.2) is 35.1 Å². The Balaban J connectivity index is 1.65. The minimum Gasteiger partial charge on any atom is -0.391 e. The second-order valence-electron chi connectivity index (χ2n) is 9.10. The number of aliphatic hydroxyl groups excluding tert-OH is 1. The van der Waals surface area contributed by atoms with Gasteiger partial charge in [-0.2, -0.15) is 0 Å². The molecule has 0 aromatic rings. The van der Waals surface area contributed by atoms with Crippen LogP contribution in [0.4, 0.5) is 0 Å². The van der Waals surface area contributed by atoms with E-state index in [1.807, 2.05) is 4.90 Å². The summed E-state index contributed by atoms with van der Waals surface area (Å²) < 4.78 is 0. The summed E-state index contributed by atoms with van der Waals surface area (Å²) in [5.41, 5.74) is 0.692. The minimum atomic E-state index is -0.293. The van der Waals surface area contributed by atoms with Crippen LogP contribution in [0.2, 0.25) is 0 Å². The van der Waals surface area contributed by atoms with Gasteiger partial charge in [-0.05, 0) is 61.7 Å². The highest BCUT2D eigenvalue weighted by atomic mass is 16.3. The third-order valence-electron chi connectivity index (χ3n) is 6.53. The minimum absolute atomic E-state index is 0.0903. The smallest absolute Gasteiger partial charge is 0.228 e. The zero-order valence-electron chi connectivity index (χ0n) is 12.8. The molecule has 3 heteroatoms. The SMILES string of the molecule is CC12CC3CC(C)(C1)CC(C(=O)N1CC[C@@H](O)C1)(C3)C2. The molecule has 1 heterocycles. The van der Waals surface area contributed by atoms with Crippen LogP contribution >= 0.6 is 0 Å². The topological polar surface area (TPSA) is 40.5 Å². The van der Waals surface area contributed by atoms with Gasteiger partial charge in [0.25, 0.3) is 0 Å². The molecule has 5 rings (SSSR count). The molecule has 0 radical (unpaired) electrons. The van der Waals surface area contributed by atoms with Gasteiger partial charge in [-0.1, -0.05) is 13.8 Å². The maximum atomic E-state index is 13.1. The van der Waals surface area contributed by atoms with E-state index in [9.17, 15) is 9.90 Å². The fraction of sp³-hybridized carbons (Fsp3) is 0.941. The molecule has 4 saturated carbocycles. The van der Waals surface area contributed by atoms with Crippen molar-refractivity contribution in [3.63, 3.8) is 0 Å².